The molecule has 5 heteroatoms. The van der Waals surface area contributed by atoms with Crippen molar-refractivity contribution >= 4 is 23.4 Å². The molecule has 1 aromatic carbocycles. The van der Waals surface area contributed by atoms with E-state index in [1.807, 2.05) is 56.3 Å². The molecule has 1 heterocycles. The fraction of sp³-hybridized carbons (Fsp3) is 0.188. The minimum Gasteiger partial charge on any atom is -0.272 e. The van der Waals surface area contributed by atoms with E-state index in [4.69, 9.17) is 0 Å². The number of amides is 1. The minimum atomic E-state index is -0.142. The molecule has 0 bridgehead atoms. The number of aryl methyl sites for hydroxylation is 1. The van der Waals surface area contributed by atoms with Crippen molar-refractivity contribution in [2.24, 2.45) is 5.10 Å². The van der Waals surface area contributed by atoms with Gasteiger partial charge in [0, 0.05) is 6.20 Å². The maximum absolute atomic E-state index is 11.7. The van der Waals surface area contributed by atoms with Crippen molar-refractivity contribution in [3.63, 3.8) is 0 Å². The number of thioether (sulfide) groups is 1. The Kier molecular flexibility index (Phi) is 5.51. The Morgan fingerprint density at radius 2 is 2.00 bits per heavy atom. The van der Waals surface area contributed by atoms with Gasteiger partial charge in [-0.1, -0.05) is 47.7 Å². The average Bonchev–Trinajstić information content (AvgIpc) is 2.52. The number of nitrogens with one attached hydrogen (secondary N) is 1. The van der Waals surface area contributed by atoms with Crippen LogP contribution in [0.15, 0.2) is 58.8 Å². The second kappa shape index (κ2) is 7.59. The van der Waals surface area contributed by atoms with Gasteiger partial charge >= 0.3 is 0 Å². The van der Waals surface area contributed by atoms with E-state index in [-0.39, 0.29) is 5.91 Å². The number of pyridine rings is 1. The molecule has 1 N–H and O–H groups in total. The van der Waals surface area contributed by atoms with Crippen LogP contribution in [0.25, 0.3) is 0 Å². The van der Waals surface area contributed by atoms with E-state index in [1.54, 1.807) is 6.20 Å². The number of rotatable bonds is 5. The van der Waals surface area contributed by atoms with Crippen LogP contribution in [-0.2, 0) is 4.79 Å². The number of hydrogen-bond acceptors (Lipinski definition) is 4. The number of hydrogen-bond donors (Lipinski definition) is 1. The fourth-order valence-electron chi connectivity index (χ4n) is 1.61. The van der Waals surface area contributed by atoms with Gasteiger partial charge in [0.1, 0.15) is 0 Å². The maximum atomic E-state index is 11.7. The molecule has 0 saturated heterocycles. The molecule has 0 aliphatic rings. The highest BCUT2D eigenvalue weighted by Crippen LogP contribution is 2.13. The summed E-state index contributed by atoms with van der Waals surface area (Å²) in [5.74, 6) is 0.152. The Hall–Kier alpha value is -2.14. The topological polar surface area (TPSA) is 54.4 Å². The molecule has 0 aliphatic heterocycles. The monoisotopic (exact) mass is 299 g/mol. The lowest BCUT2D eigenvalue weighted by Gasteiger charge is -2.03. The molecule has 1 amide bonds. The quantitative estimate of drug-likeness (QED) is 0.524. The molecule has 0 atom stereocenters. The van der Waals surface area contributed by atoms with E-state index in [0.29, 0.717) is 5.75 Å². The van der Waals surface area contributed by atoms with Gasteiger partial charge in [0.25, 0.3) is 0 Å². The van der Waals surface area contributed by atoms with E-state index in [1.165, 1.54) is 17.3 Å². The summed E-state index contributed by atoms with van der Waals surface area (Å²) in [4.78, 5) is 15.9. The number of nitrogens with zero attached hydrogens (tertiary/aromatic N) is 2. The summed E-state index contributed by atoms with van der Waals surface area (Å²) < 4.78 is 0. The second-order valence-electron chi connectivity index (χ2n) is 4.55. The summed E-state index contributed by atoms with van der Waals surface area (Å²) in [6.45, 7) is 3.91. The molecular weight excluding hydrogens is 282 g/mol. The Balaban J connectivity index is 1.85. The van der Waals surface area contributed by atoms with Crippen LogP contribution in [0.3, 0.4) is 0 Å². The van der Waals surface area contributed by atoms with Gasteiger partial charge in [-0.2, -0.15) is 5.10 Å². The molecule has 1 aromatic heterocycles. The second-order valence-corrected chi connectivity index (χ2v) is 5.55. The molecule has 0 saturated carbocycles. The molecule has 4 nitrogen and oxygen atoms in total. The van der Waals surface area contributed by atoms with Crippen molar-refractivity contribution in [1.82, 2.24) is 10.4 Å². The fourth-order valence-corrected chi connectivity index (χ4v) is 2.26. The van der Waals surface area contributed by atoms with Gasteiger partial charge in [0.2, 0.25) is 5.91 Å². The smallest absolute Gasteiger partial charge is 0.250 e. The lowest BCUT2D eigenvalue weighted by Crippen LogP contribution is -2.21. The van der Waals surface area contributed by atoms with Crippen LogP contribution in [-0.4, -0.2) is 22.4 Å². The Morgan fingerprint density at radius 3 is 2.67 bits per heavy atom. The van der Waals surface area contributed by atoms with Crippen LogP contribution in [0.1, 0.15) is 18.1 Å². The third kappa shape index (κ3) is 5.04. The van der Waals surface area contributed by atoms with Crippen LogP contribution in [0.5, 0.6) is 0 Å². The molecule has 2 aromatic rings. The van der Waals surface area contributed by atoms with Gasteiger partial charge in [-0.3, -0.25) is 4.79 Å². The van der Waals surface area contributed by atoms with Crippen molar-refractivity contribution in [2.45, 2.75) is 18.9 Å². The number of carbonyl (C=O) groups excluding carboxylic acids is 1. The Labute approximate surface area is 128 Å². The van der Waals surface area contributed by atoms with Crippen molar-refractivity contribution in [3.8, 4) is 0 Å². The van der Waals surface area contributed by atoms with Crippen molar-refractivity contribution in [3.05, 3.63) is 59.8 Å². The van der Waals surface area contributed by atoms with Gasteiger partial charge in [0.15, 0.2) is 0 Å². The first-order valence-electron chi connectivity index (χ1n) is 6.59. The minimum absolute atomic E-state index is 0.142. The zero-order valence-electron chi connectivity index (χ0n) is 12.0. The van der Waals surface area contributed by atoms with Crippen LogP contribution < -0.4 is 5.43 Å². The number of hydrazone groups is 1. The molecule has 108 valence electrons. The predicted octanol–water partition coefficient (Wildman–Crippen LogP) is 3.02. The van der Waals surface area contributed by atoms with Crippen LogP contribution in [0.2, 0.25) is 0 Å². The van der Waals surface area contributed by atoms with Gasteiger partial charge in [-0.15, -0.1) is 0 Å². The summed E-state index contributed by atoms with van der Waals surface area (Å²) in [6, 6.07) is 13.6. The normalized spacial score (nSPS) is 11.2. The van der Waals surface area contributed by atoms with Gasteiger partial charge in [-0.25, -0.2) is 10.4 Å². The summed E-state index contributed by atoms with van der Waals surface area (Å²) >= 11 is 1.39. The van der Waals surface area contributed by atoms with E-state index in [0.717, 1.165) is 16.3 Å². The molecule has 21 heavy (non-hydrogen) atoms. The van der Waals surface area contributed by atoms with Gasteiger partial charge in [-0.05, 0) is 31.5 Å². The number of aromatic nitrogens is 1. The van der Waals surface area contributed by atoms with E-state index < -0.39 is 0 Å². The highest BCUT2D eigenvalue weighted by atomic mass is 32.2. The third-order valence-corrected chi connectivity index (χ3v) is 3.75. The predicted molar refractivity (Wildman–Crippen MR) is 86.5 cm³/mol. The zero-order chi connectivity index (χ0) is 15.1. The summed E-state index contributed by atoms with van der Waals surface area (Å²) in [6.07, 6.45) is 1.71. The summed E-state index contributed by atoms with van der Waals surface area (Å²) in [7, 11) is 0. The largest absolute Gasteiger partial charge is 0.272 e. The van der Waals surface area contributed by atoms with Crippen molar-refractivity contribution < 1.29 is 4.79 Å². The molecule has 0 aliphatic carbocycles. The Bertz CT molecular complexity index is 624. The Morgan fingerprint density at radius 1 is 1.24 bits per heavy atom. The van der Waals surface area contributed by atoms with E-state index in [9.17, 15) is 4.79 Å². The van der Waals surface area contributed by atoms with Crippen LogP contribution in [0.4, 0.5) is 0 Å². The molecule has 0 spiro atoms. The molecule has 0 unspecified atom stereocenters. The molecule has 2 rings (SSSR count). The number of carbonyl (C=O) groups is 1. The highest BCUT2D eigenvalue weighted by Gasteiger charge is 2.03. The first-order valence-corrected chi connectivity index (χ1v) is 7.58. The highest BCUT2D eigenvalue weighted by molar-refractivity contribution is 7.99. The standard InChI is InChI=1S/C16H17N3OS/c1-12-6-8-14(9-7-12)13(2)18-19-15(20)11-21-16-5-3-4-10-17-16/h3-10H,11H2,1-2H3,(H,19,20)/b18-13-. The molecule has 0 radical (unpaired) electrons. The van der Waals surface area contributed by atoms with Gasteiger partial charge in [0.05, 0.1) is 16.5 Å². The van der Waals surface area contributed by atoms with Crippen LogP contribution >= 0.6 is 11.8 Å². The van der Waals surface area contributed by atoms with Crippen molar-refractivity contribution in [1.29, 1.82) is 0 Å². The third-order valence-electron chi connectivity index (χ3n) is 2.81. The van der Waals surface area contributed by atoms with Gasteiger partial charge < -0.3 is 0 Å². The lowest BCUT2D eigenvalue weighted by molar-refractivity contribution is -0.118. The van der Waals surface area contributed by atoms with Crippen LogP contribution in [0, 0.1) is 6.92 Å². The summed E-state index contributed by atoms with van der Waals surface area (Å²) in [5, 5.41) is 4.95. The first kappa shape index (κ1) is 15.3. The number of benzene rings is 1. The summed E-state index contributed by atoms with van der Waals surface area (Å²) in [5.41, 5.74) is 5.54. The average molecular weight is 299 g/mol. The SMILES string of the molecule is C/C(=N/NC(=O)CSc1ccccn1)c1ccc(C)cc1. The van der Waals surface area contributed by atoms with E-state index in [2.05, 4.69) is 15.5 Å². The lowest BCUT2D eigenvalue weighted by atomic mass is 10.1. The molecule has 0 fully saturated rings. The van der Waals surface area contributed by atoms with E-state index >= 15 is 0 Å². The zero-order valence-corrected chi connectivity index (χ0v) is 12.9. The maximum Gasteiger partial charge on any atom is 0.250 e. The first-order chi connectivity index (χ1) is 10.1. The van der Waals surface area contributed by atoms with Crippen molar-refractivity contribution in [2.75, 3.05) is 5.75 Å². The molecular formula is C16H17N3OS.